The predicted molar refractivity (Wildman–Crippen MR) is 88.0 cm³/mol. The topological polar surface area (TPSA) is 57.6 Å². The molecule has 6 heteroatoms. The van der Waals surface area contributed by atoms with Crippen molar-refractivity contribution >= 4 is 40.2 Å². The molecule has 0 aromatic rings. The minimum atomic E-state index is -1.05. The molecule has 4 nitrogen and oxygen atoms in total. The summed E-state index contributed by atoms with van der Waals surface area (Å²) in [4.78, 5) is 24.5. The van der Waals surface area contributed by atoms with Crippen LogP contribution in [0.15, 0.2) is 22.6 Å². The highest BCUT2D eigenvalue weighted by Gasteiger charge is 2.33. The number of rotatable bonds is 4. The molecule has 1 saturated carbocycles. The first kappa shape index (κ1) is 16.2. The molecule has 0 bridgehead atoms. The van der Waals surface area contributed by atoms with Crippen molar-refractivity contribution in [2.45, 2.75) is 39.0 Å². The number of carboxylic acids is 1. The molecule has 0 unspecified atom stereocenters. The number of aliphatic carboxylic acids is 1. The van der Waals surface area contributed by atoms with E-state index in [-0.39, 0.29) is 12.5 Å². The largest absolute Gasteiger partial charge is 0.480 e. The molecule has 114 valence electrons. The average Bonchev–Trinajstić information content (AvgIpc) is 2.67. The van der Waals surface area contributed by atoms with Crippen molar-refractivity contribution < 1.29 is 14.7 Å². The summed E-state index contributed by atoms with van der Waals surface area (Å²) >= 11 is 6.25. The summed E-state index contributed by atoms with van der Waals surface area (Å²) in [5.74, 6) is -0.759. The summed E-state index contributed by atoms with van der Waals surface area (Å²) in [6.45, 7) is 1.62. The molecule has 1 amide bonds. The van der Waals surface area contributed by atoms with Gasteiger partial charge in [0.25, 0.3) is 5.91 Å². The molecule has 1 aliphatic carbocycles. The van der Waals surface area contributed by atoms with E-state index < -0.39 is 5.97 Å². The van der Waals surface area contributed by atoms with E-state index in [4.69, 9.17) is 17.3 Å². The van der Waals surface area contributed by atoms with E-state index in [1.54, 1.807) is 0 Å². The second-order valence-corrected chi connectivity index (χ2v) is 7.15. The van der Waals surface area contributed by atoms with Crippen molar-refractivity contribution in [3.8, 4) is 0 Å². The third-order valence-corrected chi connectivity index (χ3v) is 5.05. The molecule has 2 rings (SSSR count). The van der Waals surface area contributed by atoms with Crippen molar-refractivity contribution in [1.29, 1.82) is 0 Å². The Labute approximate surface area is 134 Å². The highest BCUT2D eigenvalue weighted by molar-refractivity contribution is 8.26. The lowest BCUT2D eigenvalue weighted by molar-refractivity contribution is -0.140. The van der Waals surface area contributed by atoms with Crippen molar-refractivity contribution in [2.75, 3.05) is 6.54 Å². The van der Waals surface area contributed by atoms with Crippen molar-refractivity contribution in [1.82, 2.24) is 4.90 Å². The summed E-state index contributed by atoms with van der Waals surface area (Å²) in [7, 11) is 0. The van der Waals surface area contributed by atoms with E-state index in [0.717, 1.165) is 10.5 Å². The number of hydrogen-bond acceptors (Lipinski definition) is 4. The van der Waals surface area contributed by atoms with Crippen LogP contribution in [0.5, 0.6) is 0 Å². The zero-order valence-corrected chi connectivity index (χ0v) is 13.6. The molecule has 0 aromatic carbocycles. The summed E-state index contributed by atoms with van der Waals surface area (Å²) in [5, 5.41) is 8.80. The number of amides is 1. The fourth-order valence-corrected chi connectivity index (χ4v) is 4.00. The molecule has 2 fully saturated rings. The van der Waals surface area contributed by atoms with Crippen LogP contribution < -0.4 is 0 Å². The number of thiocarbonyl (C=S) groups is 1. The molecule has 1 saturated heterocycles. The second kappa shape index (κ2) is 7.22. The number of nitrogens with zero attached hydrogens (tertiary/aromatic N) is 1. The van der Waals surface area contributed by atoms with E-state index in [2.05, 4.69) is 6.08 Å². The highest BCUT2D eigenvalue weighted by Crippen LogP contribution is 2.32. The van der Waals surface area contributed by atoms with Gasteiger partial charge >= 0.3 is 5.97 Å². The van der Waals surface area contributed by atoms with Crippen LogP contribution in [0.2, 0.25) is 0 Å². The highest BCUT2D eigenvalue weighted by atomic mass is 32.2. The quantitative estimate of drug-likeness (QED) is 0.634. The Morgan fingerprint density at radius 1 is 1.43 bits per heavy atom. The summed E-state index contributed by atoms with van der Waals surface area (Å²) < 4.78 is 0.319. The first-order chi connectivity index (χ1) is 9.97. The smallest absolute Gasteiger partial charge is 0.323 e. The molecule has 21 heavy (non-hydrogen) atoms. The van der Waals surface area contributed by atoms with Gasteiger partial charge in [0.1, 0.15) is 10.9 Å². The Bertz CT molecular complexity index is 519. The predicted octanol–water partition coefficient (Wildman–Crippen LogP) is 3.34. The monoisotopic (exact) mass is 325 g/mol. The Balaban J connectivity index is 2.06. The number of carbonyl (C=O) groups is 2. The molecule has 0 radical (unpaired) electrons. The lowest BCUT2D eigenvalue weighted by Gasteiger charge is -2.18. The van der Waals surface area contributed by atoms with Gasteiger partial charge in [-0.3, -0.25) is 14.5 Å². The van der Waals surface area contributed by atoms with Crippen LogP contribution in [0.4, 0.5) is 0 Å². The summed E-state index contributed by atoms with van der Waals surface area (Å²) in [6.07, 6.45) is 10.3. The van der Waals surface area contributed by atoms with Crippen LogP contribution in [0, 0.1) is 5.92 Å². The standard InChI is InChI=1S/C15H19NO3S2/c1-10(7-11-5-3-2-4-6-11)8-12-14(19)16(9-13(17)18)15(20)21-12/h7-8,11H,2-6,9H2,1H3,(H,17,18)/b10-7+,12-8+. The third-order valence-electron chi connectivity index (χ3n) is 3.67. The third kappa shape index (κ3) is 4.41. The van der Waals surface area contributed by atoms with E-state index in [0.29, 0.717) is 15.1 Å². The minimum Gasteiger partial charge on any atom is -0.480 e. The normalized spacial score (nSPS) is 23.2. The van der Waals surface area contributed by atoms with Gasteiger partial charge in [0.15, 0.2) is 0 Å². The summed E-state index contributed by atoms with van der Waals surface area (Å²) in [6, 6.07) is 0. The summed E-state index contributed by atoms with van der Waals surface area (Å²) in [5.41, 5.74) is 1.05. The fourth-order valence-electron chi connectivity index (χ4n) is 2.70. The van der Waals surface area contributed by atoms with Gasteiger partial charge in [0.05, 0.1) is 4.91 Å². The maximum absolute atomic E-state index is 12.1. The van der Waals surface area contributed by atoms with E-state index >= 15 is 0 Å². The van der Waals surface area contributed by atoms with Gasteiger partial charge < -0.3 is 5.11 Å². The Morgan fingerprint density at radius 3 is 2.71 bits per heavy atom. The lowest BCUT2D eigenvalue weighted by Crippen LogP contribution is -2.33. The van der Waals surface area contributed by atoms with E-state index in [9.17, 15) is 9.59 Å². The number of carboxylic acid groups (broad SMARTS) is 1. The Morgan fingerprint density at radius 2 is 2.10 bits per heavy atom. The first-order valence-corrected chi connectivity index (χ1v) is 8.35. The maximum atomic E-state index is 12.1. The molecule has 0 aromatic heterocycles. The number of allylic oxidation sites excluding steroid dienone is 3. The minimum absolute atomic E-state index is 0.302. The van der Waals surface area contributed by atoms with Crippen LogP contribution in [-0.4, -0.2) is 32.7 Å². The van der Waals surface area contributed by atoms with Crippen molar-refractivity contribution in [3.63, 3.8) is 0 Å². The van der Waals surface area contributed by atoms with Crippen LogP contribution >= 0.6 is 24.0 Å². The average molecular weight is 325 g/mol. The van der Waals surface area contributed by atoms with Gasteiger partial charge in [0.2, 0.25) is 0 Å². The Hall–Kier alpha value is -1.14. The van der Waals surface area contributed by atoms with Gasteiger partial charge in [-0.2, -0.15) is 0 Å². The molecular weight excluding hydrogens is 306 g/mol. The first-order valence-electron chi connectivity index (χ1n) is 7.13. The van der Waals surface area contributed by atoms with Gasteiger partial charge in [-0.1, -0.05) is 54.9 Å². The molecule has 2 aliphatic rings. The second-order valence-electron chi connectivity index (χ2n) is 5.47. The van der Waals surface area contributed by atoms with Gasteiger partial charge in [-0.15, -0.1) is 0 Å². The lowest BCUT2D eigenvalue weighted by atomic mass is 9.88. The van der Waals surface area contributed by atoms with Crippen LogP contribution in [0.1, 0.15) is 39.0 Å². The van der Waals surface area contributed by atoms with Crippen molar-refractivity contribution in [3.05, 3.63) is 22.6 Å². The van der Waals surface area contributed by atoms with Crippen LogP contribution in [0.25, 0.3) is 0 Å². The number of carbonyl (C=O) groups excluding carboxylic acids is 1. The zero-order valence-electron chi connectivity index (χ0n) is 12.0. The Kier molecular flexibility index (Phi) is 5.58. The molecular formula is C15H19NO3S2. The van der Waals surface area contributed by atoms with E-state index in [1.807, 2.05) is 13.0 Å². The van der Waals surface area contributed by atoms with Gasteiger partial charge in [0, 0.05) is 0 Å². The van der Waals surface area contributed by atoms with Gasteiger partial charge in [-0.05, 0) is 31.8 Å². The SMILES string of the molecule is CC(=C\C1CCCCC1)/C=C1/SC(=S)N(CC(=O)O)C1=O. The molecule has 1 N–H and O–H groups in total. The van der Waals surface area contributed by atoms with Crippen molar-refractivity contribution in [2.24, 2.45) is 5.92 Å². The maximum Gasteiger partial charge on any atom is 0.323 e. The molecule has 0 spiro atoms. The molecule has 1 heterocycles. The fraction of sp³-hybridized carbons (Fsp3) is 0.533. The van der Waals surface area contributed by atoms with Crippen LogP contribution in [0.3, 0.4) is 0 Å². The van der Waals surface area contributed by atoms with E-state index in [1.165, 1.54) is 43.9 Å². The number of thioether (sulfide) groups is 1. The molecule has 0 atom stereocenters. The zero-order chi connectivity index (χ0) is 15.4. The van der Waals surface area contributed by atoms with Gasteiger partial charge in [-0.25, -0.2) is 0 Å². The van der Waals surface area contributed by atoms with Crippen LogP contribution in [-0.2, 0) is 9.59 Å². The number of hydrogen-bond donors (Lipinski definition) is 1. The molecule has 1 aliphatic heterocycles.